The second-order valence-electron chi connectivity index (χ2n) is 3.66. The lowest BCUT2D eigenvalue weighted by molar-refractivity contribution is -0.120. The number of halogens is 1. The summed E-state index contributed by atoms with van der Waals surface area (Å²) in [6.45, 7) is 5.25. The fraction of sp³-hybridized carbons (Fsp3) is 0.909. The molecule has 0 spiro atoms. The van der Waals surface area contributed by atoms with Gasteiger partial charge in [-0.3, -0.25) is 4.79 Å². The van der Waals surface area contributed by atoms with Crippen LogP contribution in [0, 0.1) is 5.92 Å². The summed E-state index contributed by atoms with van der Waals surface area (Å²) in [4.78, 5) is 11.2. The molecule has 0 saturated heterocycles. The van der Waals surface area contributed by atoms with Gasteiger partial charge in [-0.15, -0.1) is 0 Å². The molecule has 0 bridgehead atoms. The van der Waals surface area contributed by atoms with E-state index >= 15 is 0 Å². The number of hydrogen-bond acceptors (Lipinski definition) is 1. The summed E-state index contributed by atoms with van der Waals surface area (Å²) in [5.74, 6) is 0.825. The van der Waals surface area contributed by atoms with Gasteiger partial charge in [0.15, 0.2) is 0 Å². The average molecular weight is 264 g/mol. The fourth-order valence-corrected chi connectivity index (χ4v) is 1.74. The predicted octanol–water partition coefficient (Wildman–Crippen LogP) is 3.10. The van der Waals surface area contributed by atoms with Crippen molar-refractivity contribution in [1.29, 1.82) is 0 Å². The lowest BCUT2D eigenvalue weighted by Gasteiger charge is -2.14. The van der Waals surface area contributed by atoms with Crippen molar-refractivity contribution in [3.8, 4) is 0 Å². The zero-order valence-electron chi connectivity index (χ0n) is 9.31. The molecule has 1 amide bonds. The molecule has 84 valence electrons. The normalized spacial score (nSPS) is 12.5. The summed E-state index contributed by atoms with van der Waals surface area (Å²) in [7, 11) is 0. The zero-order valence-corrected chi connectivity index (χ0v) is 10.9. The largest absolute Gasteiger partial charge is 0.356 e. The maximum absolute atomic E-state index is 11.2. The number of alkyl halides is 1. The lowest BCUT2D eigenvalue weighted by atomic mass is 9.99. The first-order valence-electron chi connectivity index (χ1n) is 5.57. The minimum atomic E-state index is 0.164. The number of carbonyl (C=O) groups is 1. The topological polar surface area (TPSA) is 29.1 Å². The molecule has 0 aromatic heterocycles. The number of rotatable bonds is 8. The third-order valence-corrected chi connectivity index (χ3v) is 2.85. The van der Waals surface area contributed by atoms with Crippen LogP contribution in [-0.4, -0.2) is 17.8 Å². The Labute approximate surface area is 96.0 Å². The minimum absolute atomic E-state index is 0.164. The molecule has 3 heteroatoms. The van der Waals surface area contributed by atoms with Crippen LogP contribution in [0.4, 0.5) is 0 Å². The molecule has 0 rings (SSSR count). The molecule has 1 N–H and O–H groups in total. The van der Waals surface area contributed by atoms with Crippen molar-refractivity contribution in [2.75, 3.05) is 11.9 Å². The Hall–Kier alpha value is -0.0500. The molecule has 1 atom stereocenters. The van der Waals surface area contributed by atoms with Crippen molar-refractivity contribution < 1.29 is 4.79 Å². The molecular weight excluding hydrogens is 242 g/mol. The maximum atomic E-state index is 11.2. The van der Waals surface area contributed by atoms with Gasteiger partial charge in [0.25, 0.3) is 0 Å². The Bertz CT molecular complexity index is 150. The van der Waals surface area contributed by atoms with E-state index in [1.807, 2.05) is 0 Å². The van der Waals surface area contributed by atoms with E-state index in [-0.39, 0.29) is 5.91 Å². The van der Waals surface area contributed by atoms with Gasteiger partial charge in [0, 0.05) is 18.3 Å². The van der Waals surface area contributed by atoms with E-state index in [0.717, 1.165) is 18.3 Å². The van der Waals surface area contributed by atoms with Crippen LogP contribution in [0.15, 0.2) is 0 Å². The maximum Gasteiger partial charge on any atom is 0.220 e. The van der Waals surface area contributed by atoms with Gasteiger partial charge in [-0.1, -0.05) is 49.0 Å². The third kappa shape index (κ3) is 7.36. The highest BCUT2D eigenvalue weighted by Gasteiger charge is 2.07. The molecule has 0 aliphatic carbocycles. The van der Waals surface area contributed by atoms with E-state index in [1.165, 1.54) is 19.3 Å². The molecule has 0 saturated carbocycles. The van der Waals surface area contributed by atoms with Crippen LogP contribution in [0.2, 0.25) is 0 Å². The highest BCUT2D eigenvalue weighted by Crippen LogP contribution is 2.11. The van der Waals surface area contributed by atoms with Crippen LogP contribution < -0.4 is 5.32 Å². The number of unbranched alkanes of at least 4 members (excludes halogenated alkanes) is 1. The van der Waals surface area contributed by atoms with E-state index in [0.29, 0.717) is 12.3 Å². The Morgan fingerprint density at radius 3 is 2.64 bits per heavy atom. The van der Waals surface area contributed by atoms with Crippen LogP contribution in [0.1, 0.15) is 46.0 Å². The first-order valence-corrected chi connectivity index (χ1v) is 6.69. The van der Waals surface area contributed by atoms with Gasteiger partial charge >= 0.3 is 0 Å². The SMILES string of the molecule is CCCCC(CC)CNC(=O)CCBr. The summed E-state index contributed by atoms with van der Waals surface area (Å²) in [6.07, 6.45) is 5.50. The summed E-state index contributed by atoms with van der Waals surface area (Å²) >= 11 is 3.26. The van der Waals surface area contributed by atoms with Gasteiger partial charge in [-0.05, 0) is 12.3 Å². The molecule has 0 fully saturated rings. The molecule has 0 aliphatic heterocycles. The standard InChI is InChI=1S/C11H22BrNO/c1-3-5-6-10(4-2)9-13-11(14)7-8-12/h10H,3-9H2,1-2H3,(H,13,14). The van der Waals surface area contributed by atoms with Crippen molar-refractivity contribution in [3.63, 3.8) is 0 Å². The Balaban J connectivity index is 3.55. The first kappa shape index (κ1) is 13.9. The Morgan fingerprint density at radius 2 is 2.14 bits per heavy atom. The van der Waals surface area contributed by atoms with Crippen LogP contribution in [0.3, 0.4) is 0 Å². The molecule has 0 aliphatic rings. The summed E-state index contributed by atoms with van der Waals surface area (Å²) in [5.41, 5.74) is 0. The molecule has 0 aromatic carbocycles. The van der Waals surface area contributed by atoms with E-state index in [4.69, 9.17) is 0 Å². The zero-order chi connectivity index (χ0) is 10.8. The highest BCUT2D eigenvalue weighted by molar-refractivity contribution is 9.09. The van der Waals surface area contributed by atoms with Crippen LogP contribution in [0.5, 0.6) is 0 Å². The summed E-state index contributed by atoms with van der Waals surface area (Å²) in [5, 5.41) is 3.73. The van der Waals surface area contributed by atoms with E-state index in [2.05, 4.69) is 35.1 Å². The van der Waals surface area contributed by atoms with Crippen LogP contribution >= 0.6 is 15.9 Å². The number of carbonyl (C=O) groups excluding carboxylic acids is 1. The second kappa shape index (κ2) is 9.50. The number of amides is 1. The van der Waals surface area contributed by atoms with E-state index in [1.54, 1.807) is 0 Å². The quantitative estimate of drug-likeness (QED) is 0.670. The Kier molecular flexibility index (Phi) is 9.47. The predicted molar refractivity (Wildman–Crippen MR) is 64.7 cm³/mol. The van der Waals surface area contributed by atoms with Crippen LogP contribution in [-0.2, 0) is 4.79 Å². The highest BCUT2D eigenvalue weighted by atomic mass is 79.9. The fourth-order valence-electron chi connectivity index (χ4n) is 1.38. The van der Waals surface area contributed by atoms with Gasteiger partial charge in [0.05, 0.1) is 0 Å². The molecule has 0 radical (unpaired) electrons. The smallest absolute Gasteiger partial charge is 0.220 e. The van der Waals surface area contributed by atoms with Gasteiger partial charge < -0.3 is 5.32 Å². The second-order valence-corrected chi connectivity index (χ2v) is 4.45. The van der Waals surface area contributed by atoms with Gasteiger partial charge in [-0.2, -0.15) is 0 Å². The van der Waals surface area contributed by atoms with Crippen molar-refractivity contribution in [2.45, 2.75) is 46.0 Å². The lowest BCUT2D eigenvalue weighted by Crippen LogP contribution is -2.29. The molecule has 2 nitrogen and oxygen atoms in total. The monoisotopic (exact) mass is 263 g/mol. The molecule has 0 aromatic rings. The van der Waals surface area contributed by atoms with Crippen molar-refractivity contribution >= 4 is 21.8 Å². The van der Waals surface area contributed by atoms with Crippen molar-refractivity contribution in [1.82, 2.24) is 5.32 Å². The molecule has 0 heterocycles. The van der Waals surface area contributed by atoms with Gasteiger partial charge in [-0.25, -0.2) is 0 Å². The van der Waals surface area contributed by atoms with Crippen molar-refractivity contribution in [2.24, 2.45) is 5.92 Å². The van der Waals surface area contributed by atoms with Gasteiger partial charge in [0.1, 0.15) is 0 Å². The van der Waals surface area contributed by atoms with E-state index in [9.17, 15) is 4.79 Å². The summed E-state index contributed by atoms with van der Waals surface area (Å²) < 4.78 is 0. The number of hydrogen-bond donors (Lipinski definition) is 1. The average Bonchev–Trinajstić information content (AvgIpc) is 2.19. The molecular formula is C11H22BrNO. The Morgan fingerprint density at radius 1 is 1.43 bits per heavy atom. The van der Waals surface area contributed by atoms with Crippen LogP contribution in [0.25, 0.3) is 0 Å². The number of nitrogens with one attached hydrogen (secondary N) is 1. The molecule has 1 unspecified atom stereocenters. The molecule has 14 heavy (non-hydrogen) atoms. The third-order valence-electron chi connectivity index (χ3n) is 2.45. The van der Waals surface area contributed by atoms with Crippen molar-refractivity contribution in [3.05, 3.63) is 0 Å². The van der Waals surface area contributed by atoms with Gasteiger partial charge in [0.2, 0.25) is 5.91 Å². The first-order chi connectivity index (χ1) is 6.74. The minimum Gasteiger partial charge on any atom is -0.356 e. The van der Waals surface area contributed by atoms with E-state index < -0.39 is 0 Å². The summed E-state index contributed by atoms with van der Waals surface area (Å²) in [6, 6.07) is 0.